The second-order valence-corrected chi connectivity index (χ2v) is 6.93. The molecule has 2 rings (SSSR count). The molecule has 2 unspecified atom stereocenters. The molecule has 0 radical (unpaired) electrons. The third-order valence-electron chi connectivity index (χ3n) is 3.94. The molecule has 0 saturated heterocycles. The molecule has 1 saturated carbocycles. The van der Waals surface area contributed by atoms with Gasteiger partial charge in [0.05, 0.1) is 0 Å². The summed E-state index contributed by atoms with van der Waals surface area (Å²) in [4.78, 5) is 0. The standard InChI is InChI=1S/C15H20BrClFN/c1-11-3-2-4-15(8-11,10-17)19-9-12-5-13(16)7-14(18)6-12/h5-7,11,19H,2-4,8-10H2,1H3. The van der Waals surface area contributed by atoms with Gasteiger partial charge in [-0.15, -0.1) is 11.6 Å². The van der Waals surface area contributed by atoms with Crippen LogP contribution in [0.2, 0.25) is 0 Å². The Balaban J connectivity index is 2.03. The van der Waals surface area contributed by atoms with Crippen LogP contribution in [0, 0.1) is 11.7 Å². The van der Waals surface area contributed by atoms with Crippen LogP contribution in [0.15, 0.2) is 22.7 Å². The normalized spacial score (nSPS) is 27.5. The van der Waals surface area contributed by atoms with Gasteiger partial charge in [0, 0.05) is 22.4 Å². The summed E-state index contributed by atoms with van der Waals surface area (Å²) in [6.45, 7) is 2.94. The predicted molar refractivity (Wildman–Crippen MR) is 82.0 cm³/mol. The van der Waals surface area contributed by atoms with Gasteiger partial charge in [-0.05, 0) is 42.5 Å². The molecule has 1 aromatic rings. The average Bonchev–Trinajstić information content (AvgIpc) is 2.35. The zero-order chi connectivity index (χ0) is 13.9. The molecular formula is C15H20BrClFN. The first-order valence-corrected chi connectivity index (χ1v) is 8.12. The van der Waals surface area contributed by atoms with E-state index in [1.807, 2.05) is 6.07 Å². The van der Waals surface area contributed by atoms with Gasteiger partial charge in [0.1, 0.15) is 5.82 Å². The van der Waals surface area contributed by atoms with E-state index in [9.17, 15) is 4.39 Å². The fraction of sp³-hybridized carbons (Fsp3) is 0.600. The highest BCUT2D eigenvalue weighted by Gasteiger charge is 2.33. The first-order chi connectivity index (χ1) is 9.03. The minimum absolute atomic E-state index is 0.0119. The maximum Gasteiger partial charge on any atom is 0.124 e. The van der Waals surface area contributed by atoms with Crippen LogP contribution in [-0.4, -0.2) is 11.4 Å². The number of halogens is 3. The molecule has 106 valence electrons. The fourth-order valence-electron chi connectivity index (χ4n) is 2.99. The number of hydrogen-bond acceptors (Lipinski definition) is 1. The van der Waals surface area contributed by atoms with E-state index in [4.69, 9.17) is 11.6 Å². The van der Waals surface area contributed by atoms with Crippen molar-refractivity contribution in [2.24, 2.45) is 5.92 Å². The van der Waals surface area contributed by atoms with Gasteiger partial charge >= 0.3 is 0 Å². The lowest BCUT2D eigenvalue weighted by molar-refractivity contribution is 0.207. The molecule has 1 fully saturated rings. The lowest BCUT2D eigenvalue weighted by atomic mass is 9.77. The van der Waals surface area contributed by atoms with Gasteiger partial charge in [0.25, 0.3) is 0 Å². The predicted octanol–water partition coefficient (Wildman–Crippen LogP) is 4.87. The molecule has 1 nitrogen and oxygen atoms in total. The van der Waals surface area contributed by atoms with Crippen LogP contribution < -0.4 is 5.32 Å². The average molecular weight is 349 g/mol. The summed E-state index contributed by atoms with van der Waals surface area (Å²) < 4.78 is 14.1. The Morgan fingerprint density at radius 1 is 1.47 bits per heavy atom. The first-order valence-electron chi connectivity index (χ1n) is 6.79. The van der Waals surface area contributed by atoms with Crippen LogP contribution in [0.25, 0.3) is 0 Å². The van der Waals surface area contributed by atoms with Crippen molar-refractivity contribution in [3.8, 4) is 0 Å². The molecule has 2 atom stereocenters. The van der Waals surface area contributed by atoms with Crippen LogP contribution in [0.5, 0.6) is 0 Å². The summed E-state index contributed by atoms with van der Waals surface area (Å²) in [6.07, 6.45) is 4.71. The van der Waals surface area contributed by atoms with Crippen molar-refractivity contribution in [1.29, 1.82) is 0 Å². The maximum atomic E-state index is 13.3. The third-order valence-corrected chi connectivity index (χ3v) is 4.91. The van der Waals surface area contributed by atoms with E-state index in [1.165, 1.54) is 18.9 Å². The number of alkyl halides is 1. The topological polar surface area (TPSA) is 12.0 Å². The second-order valence-electron chi connectivity index (χ2n) is 5.75. The molecule has 0 spiro atoms. The summed E-state index contributed by atoms with van der Waals surface area (Å²) in [5.74, 6) is 1.12. The van der Waals surface area contributed by atoms with E-state index in [0.29, 0.717) is 18.3 Å². The van der Waals surface area contributed by atoms with E-state index in [2.05, 4.69) is 28.2 Å². The van der Waals surface area contributed by atoms with E-state index in [1.54, 1.807) is 6.07 Å². The van der Waals surface area contributed by atoms with Crippen molar-refractivity contribution < 1.29 is 4.39 Å². The number of benzene rings is 1. The number of hydrogen-bond donors (Lipinski definition) is 1. The Kier molecular flexibility index (Phi) is 5.27. The monoisotopic (exact) mass is 347 g/mol. The van der Waals surface area contributed by atoms with Gasteiger partial charge in [-0.2, -0.15) is 0 Å². The van der Waals surface area contributed by atoms with Gasteiger partial charge < -0.3 is 5.32 Å². The molecule has 0 bridgehead atoms. The van der Waals surface area contributed by atoms with Crippen molar-refractivity contribution in [3.63, 3.8) is 0 Å². The van der Waals surface area contributed by atoms with Crippen molar-refractivity contribution in [2.75, 3.05) is 5.88 Å². The SMILES string of the molecule is CC1CCCC(CCl)(NCc2cc(F)cc(Br)c2)C1. The van der Waals surface area contributed by atoms with Crippen molar-refractivity contribution in [1.82, 2.24) is 5.32 Å². The molecule has 1 N–H and O–H groups in total. The molecule has 4 heteroatoms. The molecule has 0 aliphatic heterocycles. The van der Waals surface area contributed by atoms with Gasteiger partial charge in [-0.3, -0.25) is 0 Å². The third kappa shape index (κ3) is 4.17. The first kappa shape index (κ1) is 15.3. The van der Waals surface area contributed by atoms with E-state index >= 15 is 0 Å². The minimum atomic E-state index is -0.205. The van der Waals surface area contributed by atoms with E-state index in [-0.39, 0.29) is 11.4 Å². The molecule has 0 heterocycles. The Morgan fingerprint density at radius 2 is 2.26 bits per heavy atom. The molecular weight excluding hydrogens is 329 g/mol. The summed E-state index contributed by atoms with van der Waals surface area (Å²) in [5, 5.41) is 3.57. The molecule has 19 heavy (non-hydrogen) atoms. The van der Waals surface area contributed by atoms with Gasteiger partial charge in [-0.1, -0.05) is 35.7 Å². The van der Waals surface area contributed by atoms with Crippen LogP contribution in [0.4, 0.5) is 4.39 Å². The highest BCUT2D eigenvalue weighted by molar-refractivity contribution is 9.10. The van der Waals surface area contributed by atoms with Crippen molar-refractivity contribution in [3.05, 3.63) is 34.1 Å². The summed E-state index contributed by atoms with van der Waals surface area (Å²) in [6, 6.07) is 5.00. The minimum Gasteiger partial charge on any atom is -0.306 e. The number of nitrogens with one attached hydrogen (secondary N) is 1. The van der Waals surface area contributed by atoms with E-state index < -0.39 is 0 Å². The molecule has 1 aliphatic carbocycles. The van der Waals surface area contributed by atoms with Crippen LogP contribution in [-0.2, 0) is 6.54 Å². The quantitative estimate of drug-likeness (QED) is 0.766. The number of rotatable bonds is 4. The Morgan fingerprint density at radius 3 is 2.89 bits per heavy atom. The Bertz CT molecular complexity index is 420. The molecule has 0 aromatic heterocycles. The van der Waals surface area contributed by atoms with Crippen molar-refractivity contribution in [2.45, 2.75) is 44.7 Å². The van der Waals surface area contributed by atoms with Gasteiger partial charge in [-0.25, -0.2) is 4.39 Å². The fourth-order valence-corrected chi connectivity index (χ4v) is 3.84. The van der Waals surface area contributed by atoms with Gasteiger partial charge in [0.2, 0.25) is 0 Å². The van der Waals surface area contributed by atoms with E-state index in [0.717, 1.165) is 22.9 Å². The maximum absolute atomic E-state index is 13.3. The van der Waals surface area contributed by atoms with Crippen LogP contribution in [0.1, 0.15) is 38.2 Å². The zero-order valence-corrected chi connectivity index (χ0v) is 13.5. The second kappa shape index (κ2) is 6.55. The largest absolute Gasteiger partial charge is 0.306 e. The Hall–Kier alpha value is -0.120. The molecule has 1 aromatic carbocycles. The highest BCUT2D eigenvalue weighted by atomic mass is 79.9. The highest BCUT2D eigenvalue weighted by Crippen LogP contribution is 2.33. The summed E-state index contributed by atoms with van der Waals surface area (Å²) >= 11 is 9.51. The van der Waals surface area contributed by atoms with Crippen LogP contribution >= 0.6 is 27.5 Å². The molecule has 1 aliphatic rings. The summed E-state index contributed by atoms with van der Waals surface area (Å²) in [5.41, 5.74) is 0.965. The summed E-state index contributed by atoms with van der Waals surface area (Å²) in [7, 11) is 0. The Labute approximate surface area is 128 Å². The van der Waals surface area contributed by atoms with Gasteiger partial charge in [0.15, 0.2) is 0 Å². The lowest BCUT2D eigenvalue weighted by Gasteiger charge is -2.39. The zero-order valence-electron chi connectivity index (χ0n) is 11.2. The molecule has 0 amide bonds. The van der Waals surface area contributed by atoms with Crippen LogP contribution in [0.3, 0.4) is 0 Å². The lowest BCUT2D eigenvalue weighted by Crippen LogP contribution is -2.49. The van der Waals surface area contributed by atoms with Crippen molar-refractivity contribution >= 4 is 27.5 Å². The smallest absolute Gasteiger partial charge is 0.124 e.